The first-order chi connectivity index (χ1) is 9.58. The Labute approximate surface area is 128 Å². The number of hydrogen-bond acceptors (Lipinski definition) is 4. The van der Waals surface area contributed by atoms with E-state index in [1.165, 1.54) is 0 Å². The number of ether oxygens (including phenoxy) is 1. The molecule has 0 aliphatic heterocycles. The molecule has 0 saturated carbocycles. The number of amides is 1. The van der Waals surface area contributed by atoms with Crippen LogP contribution in [0, 0.1) is 0 Å². The van der Waals surface area contributed by atoms with Crippen LogP contribution in [0.5, 0.6) is 0 Å². The van der Waals surface area contributed by atoms with Crippen molar-refractivity contribution in [3.05, 3.63) is 29.3 Å². The maximum Gasteiger partial charge on any atom is 0.408 e. The number of nitrogens with two attached hydrogens (primary N) is 1. The number of anilines is 1. The largest absolute Gasteiger partial charge is 0.444 e. The minimum absolute atomic E-state index is 0.251. The summed E-state index contributed by atoms with van der Waals surface area (Å²) in [6.07, 6.45) is 1.16. The van der Waals surface area contributed by atoms with Gasteiger partial charge in [0.05, 0.1) is 6.04 Å². The molecule has 2 atom stereocenters. The predicted molar refractivity (Wildman–Crippen MR) is 86.4 cm³/mol. The number of alkyl carbamates (subject to hydrolysis) is 1. The van der Waals surface area contributed by atoms with Gasteiger partial charge in [0.25, 0.3) is 0 Å². The van der Waals surface area contributed by atoms with Gasteiger partial charge in [-0.1, -0.05) is 6.07 Å². The van der Waals surface area contributed by atoms with Crippen molar-refractivity contribution in [3.8, 4) is 0 Å². The topological polar surface area (TPSA) is 81.4 Å². The molecule has 1 aromatic rings. The van der Waals surface area contributed by atoms with Crippen LogP contribution in [0.4, 0.5) is 10.5 Å². The van der Waals surface area contributed by atoms with Crippen molar-refractivity contribution in [2.24, 2.45) is 0 Å². The Morgan fingerprint density at radius 1 is 1.43 bits per heavy atom. The molecule has 0 aliphatic carbocycles. The van der Waals surface area contributed by atoms with Crippen LogP contribution < -0.4 is 11.1 Å². The van der Waals surface area contributed by atoms with Gasteiger partial charge in [-0.25, -0.2) is 4.79 Å². The van der Waals surface area contributed by atoms with Gasteiger partial charge in [0.2, 0.25) is 0 Å². The average Bonchev–Trinajstić information content (AvgIpc) is 2.24. The van der Waals surface area contributed by atoms with Crippen molar-refractivity contribution in [1.82, 2.24) is 5.32 Å². The Morgan fingerprint density at radius 3 is 2.57 bits per heavy atom. The average molecular weight is 312 g/mol. The van der Waals surface area contributed by atoms with Crippen LogP contribution in [0.3, 0.4) is 0 Å². The summed E-state index contributed by atoms with van der Waals surface area (Å²) >= 11 is 0. The first-order valence-corrected chi connectivity index (χ1v) is 8.49. The van der Waals surface area contributed by atoms with E-state index >= 15 is 0 Å². The van der Waals surface area contributed by atoms with Crippen molar-refractivity contribution in [1.29, 1.82) is 0 Å². The maximum absolute atomic E-state index is 11.8. The Morgan fingerprint density at radius 2 is 2.05 bits per heavy atom. The summed E-state index contributed by atoms with van der Waals surface area (Å²) in [4.78, 5) is 11.8. The zero-order chi connectivity index (χ0) is 16.2. The molecule has 1 amide bonds. The van der Waals surface area contributed by atoms with E-state index < -0.39 is 22.5 Å². The molecule has 1 aromatic carbocycles. The van der Waals surface area contributed by atoms with Gasteiger partial charge < -0.3 is 15.8 Å². The van der Waals surface area contributed by atoms with Crippen LogP contribution in [0.15, 0.2) is 18.2 Å². The van der Waals surface area contributed by atoms with Crippen molar-refractivity contribution in [2.45, 2.75) is 45.1 Å². The van der Waals surface area contributed by atoms with E-state index in [2.05, 4.69) is 5.32 Å². The van der Waals surface area contributed by atoms with Crippen molar-refractivity contribution < 1.29 is 13.7 Å². The van der Waals surface area contributed by atoms with Crippen molar-refractivity contribution in [2.75, 3.05) is 12.0 Å². The van der Waals surface area contributed by atoms with Gasteiger partial charge in [0.15, 0.2) is 0 Å². The fourth-order valence-electron chi connectivity index (χ4n) is 1.95. The standard InChI is InChI=1S/C15H24N2O3S/c1-10(17-14(18)20-15(2,3)4)13-7-6-12(16)8-11(13)9-21(5)19/h6-8,10H,9,16H2,1-5H3,(H,17,18)/t10-,21+/m1/s1. The highest BCUT2D eigenvalue weighted by Crippen LogP contribution is 2.22. The normalized spacial score (nSPS) is 14.3. The van der Waals surface area contributed by atoms with Crippen LogP contribution in [0.2, 0.25) is 0 Å². The number of benzene rings is 1. The Balaban J connectivity index is 2.89. The van der Waals surface area contributed by atoms with Crippen LogP contribution >= 0.6 is 0 Å². The molecule has 0 aromatic heterocycles. The fraction of sp³-hybridized carbons (Fsp3) is 0.533. The Bertz CT molecular complexity index is 538. The lowest BCUT2D eigenvalue weighted by Crippen LogP contribution is -2.34. The molecule has 0 bridgehead atoms. The summed E-state index contributed by atoms with van der Waals surface area (Å²) in [5.41, 5.74) is 7.62. The molecule has 0 aliphatic rings. The number of nitrogens with one attached hydrogen (secondary N) is 1. The molecule has 0 saturated heterocycles. The third-order valence-electron chi connectivity index (χ3n) is 2.73. The van der Waals surface area contributed by atoms with Gasteiger partial charge in [-0.3, -0.25) is 4.21 Å². The molecule has 1 rings (SSSR count). The summed E-state index contributed by atoms with van der Waals surface area (Å²) in [5.74, 6) is 0.403. The number of carbonyl (C=O) groups is 1. The number of hydrogen-bond donors (Lipinski definition) is 2. The Kier molecular flexibility index (Phi) is 5.78. The number of carbonyl (C=O) groups excluding carboxylic acids is 1. The van der Waals surface area contributed by atoms with Crippen LogP contribution in [-0.4, -0.2) is 22.2 Å². The lowest BCUT2D eigenvalue weighted by molar-refractivity contribution is 0.0508. The highest BCUT2D eigenvalue weighted by Gasteiger charge is 2.19. The molecule has 5 nitrogen and oxygen atoms in total. The maximum atomic E-state index is 11.8. The van der Waals surface area contributed by atoms with Crippen LogP contribution in [0.25, 0.3) is 0 Å². The second-order valence-corrected chi connectivity index (χ2v) is 7.48. The molecule has 0 unspecified atom stereocenters. The molecule has 0 fully saturated rings. The fourth-order valence-corrected chi connectivity index (χ4v) is 2.64. The summed E-state index contributed by atoms with van der Waals surface area (Å²) in [7, 11) is -0.980. The Hall–Kier alpha value is -1.56. The zero-order valence-electron chi connectivity index (χ0n) is 13.2. The summed E-state index contributed by atoms with van der Waals surface area (Å²) in [5, 5.41) is 2.78. The molecular formula is C15H24N2O3S. The van der Waals surface area contributed by atoms with Gasteiger partial charge in [-0.2, -0.15) is 0 Å². The van der Waals surface area contributed by atoms with E-state index in [1.54, 1.807) is 18.4 Å². The predicted octanol–water partition coefficient (Wildman–Crippen LogP) is 2.73. The molecular weight excluding hydrogens is 288 g/mol. The van der Waals surface area contributed by atoms with Gasteiger partial charge in [0, 0.05) is 28.5 Å². The monoisotopic (exact) mass is 312 g/mol. The summed E-state index contributed by atoms with van der Waals surface area (Å²) < 4.78 is 16.7. The van der Waals surface area contributed by atoms with Crippen LogP contribution in [0.1, 0.15) is 44.9 Å². The van der Waals surface area contributed by atoms with Gasteiger partial charge >= 0.3 is 6.09 Å². The smallest absolute Gasteiger partial charge is 0.408 e. The van der Waals surface area contributed by atoms with Crippen molar-refractivity contribution >= 4 is 22.6 Å². The highest BCUT2D eigenvalue weighted by molar-refractivity contribution is 7.83. The van der Waals surface area contributed by atoms with Crippen molar-refractivity contribution in [3.63, 3.8) is 0 Å². The molecule has 21 heavy (non-hydrogen) atoms. The quantitative estimate of drug-likeness (QED) is 0.838. The van der Waals surface area contributed by atoms with Crippen LogP contribution in [-0.2, 0) is 21.3 Å². The first-order valence-electron chi connectivity index (χ1n) is 6.76. The SMILES string of the molecule is C[C@@H](NC(=O)OC(C)(C)C)c1ccc(N)cc1C[S@](C)=O. The zero-order valence-corrected chi connectivity index (χ0v) is 14.0. The second kappa shape index (κ2) is 6.93. The summed E-state index contributed by atoms with van der Waals surface area (Å²) in [6, 6.07) is 5.16. The molecule has 3 N–H and O–H groups in total. The third kappa shape index (κ3) is 6.16. The van der Waals surface area contributed by atoms with Gasteiger partial charge in [-0.05, 0) is 51.0 Å². The third-order valence-corrected chi connectivity index (χ3v) is 3.44. The van der Waals surface area contributed by atoms with E-state index in [0.29, 0.717) is 11.4 Å². The van der Waals surface area contributed by atoms with E-state index in [4.69, 9.17) is 10.5 Å². The number of rotatable bonds is 4. The minimum Gasteiger partial charge on any atom is -0.444 e. The lowest BCUT2D eigenvalue weighted by atomic mass is 10.0. The lowest BCUT2D eigenvalue weighted by Gasteiger charge is -2.23. The second-order valence-electron chi connectivity index (χ2n) is 6.04. The first kappa shape index (κ1) is 17.5. The molecule has 0 spiro atoms. The van der Waals surface area contributed by atoms with Gasteiger partial charge in [0.1, 0.15) is 5.60 Å². The number of nitrogen functional groups attached to an aromatic ring is 1. The minimum atomic E-state index is -0.980. The summed E-state index contributed by atoms with van der Waals surface area (Å²) in [6.45, 7) is 7.29. The molecule has 118 valence electrons. The molecule has 6 heteroatoms. The van der Waals surface area contributed by atoms with E-state index in [9.17, 15) is 9.00 Å². The van der Waals surface area contributed by atoms with Gasteiger partial charge in [-0.15, -0.1) is 0 Å². The van der Waals surface area contributed by atoms with E-state index in [0.717, 1.165) is 11.1 Å². The van der Waals surface area contributed by atoms with E-state index in [1.807, 2.05) is 33.8 Å². The molecule has 0 heterocycles. The molecule has 0 radical (unpaired) electrons. The highest BCUT2D eigenvalue weighted by atomic mass is 32.2. The van der Waals surface area contributed by atoms with E-state index in [-0.39, 0.29) is 6.04 Å².